The zero-order valence-corrected chi connectivity index (χ0v) is 14.2. The number of hydrogen-bond donors (Lipinski definition) is 2. The van der Waals surface area contributed by atoms with Gasteiger partial charge in [0, 0.05) is 12.1 Å². The average molecular weight is 376 g/mol. The Morgan fingerprint density at radius 2 is 1.89 bits per heavy atom. The molecule has 0 atom stereocenters. The first-order valence-corrected chi connectivity index (χ1v) is 8.03. The molecule has 0 saturated carbocycles. The van der Waals surface area contributed by atoms with E-state index in [2.05, 4.69) is 20.6 Å². The smallest absolute Gasteiger partial charge is 0.431 e. The number of hydrogen-bond acceptors (Lipinski definition) is 5. The summed E-state index contributed by atoms with van der Waals surface area (Å²) in [6, 6.07) is 11.2. The highest BCUT2D eigenvalue weighted by atomic mass is 19.4. The van der Waals surface area contributed by atoms with Crippen molar-refractivity contribution in [2.24, 2.45) is 0 Å². The van der Waals surface area contributed by atoms with Gasteiger partial charge in [-0.2, -0.15) is 13.2 Å². The average Bonchev–Trinajstić information content (AvgIpc) is 3.10. The van der Waals surface area contributed by atoms with Crippen molar-refractivity contribution in [1.29, 1.82) is 0 Å². The van der Waals surface area contributed by atoms with E-state index < -0.39 is 23.5 Å². The summed E-state index contributed by atoms with van der Waals surface area (Å²) in [4.78, 5) is 20.2. The first kappa shape index (κ1) is 18.4. The van der Waals surface area contributed by atoms with Gasteiger partial charge in [-0.15, -0.1) is 0 Å². The third-order valence-corrected chi connectivity index (χ3v) is 3.50. The van der Waals surface area contributed by atoms with E-state index in [0.717, 1.165) is 0 Å². The minimum absolute atomic E-state index is 0.235. The number of oxazole rings is 1. The Kier molecular flexibility index (Phi) is 5.11. The van der Waals surface area contributed by atoms with E-state index in [-0.39, 0.29) is 11.6 Å². The van der Waals surface area contributed by atoms with Crippen molar-refractivity contribution in [3.63, 3.8) is 0 Å². The Morgan fingerprint density at radius 1 is 1.15 bits per heavy atom. The maximum absolute atomic E-state index is 13.3. The van der Waals surface area contributed by atoms with Gasteiger partial charge >= 0.3 is 6.18 Å². The second kappa shape index (κ2) is 7.48. The monoisotopic (exact) mass is 376 g/mol. The van der Waals surface area contributed by atoms with Gasteiger partial charge in [0.15, 0.2) is 5.69 Å². The number of anilines is 2. The van der Waals surface area contributed by atoms with E-state index in [0.29, 0.717) is 17.9 Å². The lowest BCUT2D eigenvalue weighted by molar-refractivity contribution is -0.153. The summed E-state index contributed by atoms with van der Waals surface area (Å²) in [5.74, 6) is -2.18. The summed E-state index contributed by atoms with van der Waals surface area (Å²) in [5, 5.41) is 5.32. The Hall–Kier alpha value is -3.36. The third-order valence-electron chi connectivity index (χ3n) is 3.50. The fourth-order valence-electron chi connectivity index (χ4n) is 2.31. The van der Waals surface area contributed by atoms with Gasteiger partial charge in [0.2, 0.25) is 11.7 Å². The molecule has 2 heterocycles. The fraction of sp³-hybridized carbons (Fsp3) is 0.167. The molecule has 140 valence electrons. The van der Waals surface area contributed by atoms with Crippen LogP contribution in [-0.2, 0) is 6.18 Å². The van der Waals surface area contributed by atoms with E-state index in [1.54, 1.807) is 24.3 Å². The molecular weight excluding hydrogens is 361 g/mol. The number of amides is 1. The van der Waals surface area contributed by atoms with Gasteiger partial charge in [0.25, 0.3) is 5.91 Å². The molecule has 0 radical (unpaired) electrons. The standard InChI is InChI=1S/C18H15F3N4O2/c1-2-22-13-9-8-12(10-23-13)24-16(26)14-15(18(19,20)21)27-17(25-14)11-6-4-3-5-7-11/h3-10H,2H2,1H3,(H,22,23)(H,24,26). The lowest BCUT2D eigenvalue weighted by Gasteiger charge is -2.07. The van der Waals surface area contributed by atoms with Gasteiger partial charge in [-0.3, -0.25) is 4.79 Å². The zero-order valence-electron chi connectivity index (χ0n) is 14.2. The first-order valence-electron chi connectivity index (χ1n) is 8.03. The predicted octanol–water partition coefficient (Wildman–Crippen LogP) is 4.44. The van der Waals surface area contributed by atoms with E-state index in [1.165, 1.54) is 24.4 Å². The second-order valence-electron chi connectivity index (χ2n) is 5.48. The number of rotatable bonds is 5. The number of pyridine rings is 1. The molecule has 2 N–H and O–H groups in total. The van der Waals surface area contributed by atoms with Crippen LogP contribution in [-0.4, -0.2) is 22.4 Å². The molecule has 1 amide bonds. The fourth-order valence-corrected chi connectivity index (χ4v) is 2.31. The Balaban J connectivity index is 1.90. The number of halogens is 3. The van der Waals surface area contributed by atoms with E-state index in [1.807, 2.05) is 6.92 Å². The summed E-state index contributed by atoms with van der Waals surface area (Å²) < 4.78 is 44.7. The molecule has 3 aromatic rings. The molecule has 0 unspecified atom stereocenters. The SMILES string of the molecule is CCNc1ccc(NC(=O)c2nc(-c3ccccc3)oc2C(F)(F)F)cn1. The number of carbonyl (C=O) groups is 1. The molecule has 0 aliphatic rings. The number of nitrogens with zero attached hydrogens (tertiary/aromatic N) is 2. The van der Waals surface area contributed by atoms with Crippen molar-refractivity contribution in [2.75, 3.05) is 17.2 Å². The number of alkyl halides is 3. The van der Waals surface area contributed by atoms with Gasteiger partial charge in [0.1, 0.15) is 5.82 Å². The molecular formula is C18H15F3N4O2. The molecule has 2 aromatic heterocycles. The van der Waals surface area contributed by atoms with E-state index in [9.17, 15) is 18.0 Å². The van der Waals surface area contributed by atoms with Crippen LogP contribution in [0.2, 0.25) is 0 Å². The van der Waals surface area contributed by atoms with Crippen LogP contribution in [0, 0.1) is 0 Å². The largest absolute Gasteiger partial charge is 0.452 e. The Morgan fingerprint density at radius 3 is 2.48 bits per heavy atom. The molecule has 6 nitrogen and oxygen atoms in total. The second-order valence-corrected chi connectivity index (χ2v) is 5.48. The highest BCUT2D eigenvalue weighted by molar-refractivity contribution is 6.03. The Bertz CT molecular complexity index is 922. The van der Waals surface area contributed by atoms with Crippen molar-refractivity contribution >= 4 is 17.4 Å². The van der Waals surface area contributed by atoms with Crippen molar-refractivity contribution in [3.05, 3.63) is 60.1 Å². The van der Waals surface area contributed by atoms with Gasteiger partial charge in [0.05, 0.1) is 11.9 Å². The normalized spacial score (nSPS) is 11.3. The summed E-state index contributed by atoms with van der Waals surface area (Å²) in [5.41, 5.74) is -0.269. The summed E-state index contributed by atoms with van der Waals surface area (Å²) in [7, 11) is 0. The minimum Gasteiger partial charge on any atom is -0.431 e. The zero-order chi connectivity index (χ0) is 19.4. The van der Waals surface area contributed by atoms with Crippen LogP contribution in [0.1, 0.15) is 23.2 Å². The van der Waals surface area contributed by atoms with Crippen molar-refractivity contribution < 1.29 is 22.4 Å². The molecule has 0 aliphatic heterocycles. The molecule has 0 saturated heterocycles. The van der Waals surface area contributed by atoms with Gasteiger partial charge in [-0.25, -0.2) is 9.97 Å². The summed E-state index contributed by atoms with van der Waals surface area (Å²) in [6.45, 7) is 2.56. The lowest BCUT2D eigenvalue weighted by Crippen LogP contribution is -2.18. The van der Waals surface area contributed by atoms with Crippen molar-refractivity contribution in [3.8, 4) is 11.5 Å². The molecule has 0 fully saturated rings. The van der Waals surface area contributed by atoms with Crippen LogP contribution < -0.4 is 10.6 Å². The van der Waals surface area contributed by atoms with Crippen LogP contribution >= 0.6 is 0 Å². The number of aromatic nitrogens is 2. The number of nitrogens with one attached hydrogen (secondary N) is 2. The van der Waals surface area contributed by atoms with Gasteiger partial charge in [-0.05, 0) is 31.2 Å². The molecule has 0 bridgehead atoms. The highest BCUT2D eigenvalue weighted by Gasteiger charge is 2.42. The summed E-state index contributed by atoms with van der Waals surface area (Å²) in [6.07, 6.45) is -3.53. The lowest BCUT2D eigenvalue weighted by atomic mass is 10.2. The quantitative estimate of drug-likeness (QED) is 0.688. The Labute approximate surface area is 152 Å². The molecule has 1 aromatic carbocycles. The number of benzene rings is 1. The minimum atomic E-state index is -4.86. The van der Waals surface area contributed by atoms with Gasteiger partial charge < -0.3 is 15.1 Å². The maximum Gasteiger partial charge on any atom is 0.452 e. The van der Waals surface area contributed by atoms with Crippen LogP contribution in [0.15, 0.2) is 53.1 Å². The van der Waals surface area contributed by atoms with Gasteiger partial charge in [-0.1, -0.05) is 18.2 Å². The highest BCUT2D eigenvalue weighted by Crippen LogP contribution is 2.35. The summed E-state index contributed by atoms with van der Waals surface area (Å²) >= 11 is 0. The topological polar surface area (TPSA) is 80.0 Å². The molecule has 27 heavy (non-hydrogen) atoms. The maximum atomic E-state index is 13.3. The van der Waals surface area contributed by atoms with E-state index in [4.69, 9.17) is 4.42 Å². The first-order chi connectivity index (χ1) is 12.9. The van der Waals surface area contributed by atoms with Crippen LogP contribution in [0.5, 0.6) is 0 Å². The van der Waals surface area contributed by atoms with Crippen molar-refractivity contribution in [1.82, 2.24) is 9.97 Å². The van der Waals surface area contributed by atoms with Crippen LogP contribution in [0.25, 0.3) is 11.5 Å². The van der Waals surface area contributed by atoms with Crippen molar-refractivity contribution in [2.45, 2.75) is 13.1 Å². The van der Waals surface area contributed by atoms with Crippen LogP contribution in [0.3, 0.4) is 0 Å². The molecule has 0 aliphatic carbocycles. The third kappa shape index (κ3) is 4.25. The molecule has 3 rings (SSSR count). The molecule has 9 heteroatoms. The van der Waals surface area contributed by atoms with E-state index >= 15 is 0 Å². The van der Waals surface area contributed by atoms with Crippen LogP contribution in [0.4, 0.5) is 24.7 Å². The molecule has 0 spiro atoms. The number of carbonyl (C=O) groups excluding carboxylic acids is 1. The predicted molar refractivity (Wildman–Crippen MR) is 93.3 cm³/mol.